The quantitative estimate of drug-likeness (QED) is 0.454. The Labute approximate surface area is 110 Å². The molecule has 2 N–H and O–H groups in total. The maximum Gasteiger partial charge on any atom is 0.251 e. The number of methoxy groups -OCH3 is 3. The third-order valence-corrected chi connectivity index (χ3v) is 2.36. The summed E-state index contributed by atoms with van der Waals surface area (Å²) in [5, 5.41) is 13.6. The van der Waals surface area contributed by atoms with Gasteiger partial charge in [0, 0.05) is 5.56 Å². The van der Waals surface area contributed by atoms with E-state index in [0.29, 0.717) is 22.8 Å². The first-order chi connectivity index (χ1) is 9.17. The van der Waals surface area contributed by atoms with E-state index in [2.05, 4.69) is 10.5 Å². The predicted molar refractivity (Wildman–Crippen MR) is 68.7 cm³/mol. The summed E-state index contributed by atoms with van der Waals surface area (Å²) in [4.78, 5) is 11.8. The number of ether oxygens (including phenoxy) is 3. The van der Waals surface area contributed by atoms with Crippen LogP contribution in [0, 0.1) is 0 Å². The van der Waals surface area contributed by atoms with Crippen LogP contribution in [-0.2, 0) is 0 Å². The molecule has 0 fully saturated rings. The van der Waals surface area contributed by atoms with Gasteiger partial charge in [0.1, 0.15) is 0 Å². The summed E-state index contributed by atoms with van der Waals surface area (Å²) < 4.78 is 15.4. The zero-order valence-electron chi connectivity index (χ0n) is 11.0. The second-order valence-corrected chi connectivity index (χ2v) is 3.42. The molecule has 0 bridgehead atoms. The van der Waals surface area contributed by atoms with E-state index in [1.54, 1.807) is 0 Å². The van der Waals surface area contributed by atoms with Crippen LogP contribution >= 0.6 is 0 Å². The molecule has 104 valence electrons. The molecular weight excluding hydrogens is 252 g/mol. The molecular formula is C12H16N2O5. The van der Waals surface area contributed by atoms with Crippen molar-refractivity contribution in [2.75, 3.05) is 27.9 Å². The summed E-state index contributed by atoms with van der Waals surface area (Å²) in [6.45, 7) is 0.117. The van der Waals surface area contributed by atoms with Gasteiger partial charge in [0.15, 0.2) is 11.5 Å². The molecule has 0 aliphatic heterocycles. The first kappa shape index (κ1) is 14.6. The van der Waals surface area contributed by atoms with Gasteiger partial charge in [0.05, 0.1) is 34.1 Å². The maximum atomic E-state index is 11.8. The van der Waals surface area contributed by atoms with Crippen molar-refractivity contribution < 1.29 is 24.2 Å². The van der Waals surface area contributed by atoms with E-state index in [1.807, 2.05) is 0 Å². The van der Waals surface area contributed by atoms with E-state index in [9.17, 15) is 4.79 Å². The average molecular weight is 268 g/mol. The smallest absolute Gasteiger partial charge is 0.251 e. The highest BCUT2D eigenvalue weighted by atomic mass is 16.5. The van der Waals surface area contributed by atoms with Crippen LogP contribution in [0.5, 0.6) is 17.2 Å². The Hall–Kier alpha value is -2.44. The SMILES string of the molecule is COc1cc(C(=O)NC/C=N/O)cc(OC)c1OC. The van der Waals surface area contributed by atoms with Gasteiger partial charge in [-0.05, 0) is 12.1 Å². The van der Waals surface area contributed by atoms with Crippen molar-refractivity contribution in [3.8, 4) is 17.2 Å². The normalized spacial score (nSPS) is 10.3. The van der Waals surface area contributed by atoms with Gasteiger partial charge in [-0.2, -0.15) is 0 Å². The molecule has 7 nitrogen and oxygen atoms in total. The number of oxime groups is 1. The van der Waals surface area contributed by atoms with Crippen LogP contribution in [0.25, 0.3) is 0 Å². The molecule has 0 saturated carbocycles. The Balaban J connectivity index is 3.05. The van der Waals surface area contributed by atoms with Crippen molar-refractivity contribution in [3.63, 3.8) is 0 Å². The molecule has 1 amide bonds. The second kappa shape index (κ2) is 7.10. The van der Waals surface area contributed by atoms with Crippen molar-refractivity contribution >= 4 is 12.1 Å². The third-order valence-electron chi connectivity index (χ3n) is 2.36. The number of benzene rings is 1. The van der Waals surface area contributed by atoms with Gasteiger partial charge in [-0.25, -0.2) is 0 Å². The molecule has 0 heterocycles. The van der Waals surface area contributed by atoms with Gasteiger partial charge in [-0.3, -0.25) is 4.79 Å². The molecule has 19 heavy (non-hydrogen) atoms. The lowest BCUT2D eigenvalue weighted by Crippen LogP contribution is -2.25. The molecule has 1 rings (SSSR count). The number of hydrogen-bond donors (Lipinski definition) is 2. The Morgan fingerprint density at radius 3 is 2.26 bits per heavy atom. The minimum absolute atomic E-state index is 0.117. The Kier molecular flexibility index (Phi) is 5.46. The van der Waals surface area contributed by atoms with Crippen LogP contribution in [0.3, 0.4) is 0 Å². The molecule has 0 spiro atoms. The second-order valence-electron chi connectivity index (χ2n) is 3.42. The number of rotatable bonds is 6. The molecule has 0 unspecified atom stereocenters. The molecule has 0 atom stereocenters. The molecule has 7 heteroatoms. The topological polar surface area (TPSA) is 89.4 Å². The van der Waals surface area contributed by atoms with Gasteiger partial charge in [-0.15, -0.1) is 5.16 Å². The molecule has 0 saturated heterocycles. The van der Waals surface area contributed by atoms with Crippen molar-refractivity contribution in [3.05, 3.63) is 17.7 Å². The van der Waals surface area contributed by atoms with E-state index in [-0.39, 0.29) is 12.5 Å². The van der Waals surface area contributed by atoms with E-state index >= 15 is 0 Å². The van der Waals surface area contributed by atoms with E-state index in [1.165, 1.54) is 33.5 Å². The summed E-state index contributed by atoms with van der Waals surface area (Å²) >= 11 is 0. The Bertz CT molecular complexity index is 448. The Morgan fingerprint density at radius 1 is 1.26 bits per heavy atom. The number of nitrogens with zero attached hydrogens (tertiary/aromatic N) is 1. The van der Waals surface area contributed by atoms with Crippen molar-refractivity contribution in [1.29, 1.82) is 0 Å². The largest absolute Gasteiger partial charge is 0.493 e. The fourth-order valence-electron chi connectivity index (χ4n) is 1.49. The van der Waals surface area contributed by atoms with Crippen LogP contribution < -0.4 is 19.5 Å². The van der Waals surface area contributed by atoms with Gasteiger partial charge in [0.2, 0.25) is 5.75 Å². The molecule has 0 aliphatic carbocycles. The first-order valence-corrected chi connectivity index (χ1v) is 5.42. The van der Waals surface area contributed by atoms with Crippen LogP contribution in [-0.4, -0.2) is 45.2 Å². The van der Waals surface area contributed by atoms with E-state index in [0.717, 1.165) is 6.21 Å². The van der Waals surface area contributed by atoms with Crippen LogP contribution in [0.2, 0.25) is 0 Å². The molecule has 0 aliphatic rings. The maximum absolute atomic E-state index is 11.8. The van der Waals surface area contributed by atoms with Crippen LogP contribution in [0.4, 0.5) is 0 Å². The minimum atomic E-state index is -0.348. The first-order valence-electron chi connectivity index (χ1n) is 5.42. The standard InChI is InChI=1S/C12H16N2O5/c1-17-9-6-8(12(15)13-4-5-14-16)7-10(18-2)11(9)19-3/h5-7,16H,4H2,1-3H3,(H,13,15)/b14-5+. The van der Waals surface area contributed by atoms with Gasteiger partial charge in [-0.1, -0.05) is 0 Å². The highest BCUT2D eigenvalue weighted by Crippen LogP contribution is 2.38. The van der Waals surface area contributed by atoms with E-state index in [4.69, 9.17) is 19.4 Å². The number of hydrogen-bond acceptors (Lipinski definition) is 6. The van der Waals surface area contributed by atoms with Crippen molar-refractivity contribution in [2.24, 2.45) is 5.16 Å². The number of amides is 1. The van der Waals surface area contributed by atoms with Gasteiger partial charge >= 0.3 is 0 Å². The highest BCUT2D eigenvalue weighted by molar-refractivity contribution is 5.96. The minimum Gasteiger partial charge on any atom is -0.493 e. The van der Waals surface area contributed by atoms with Crippen LogP contribution in [0.1, 0.15) is 10.4 Å². The molecule has 1 aromatic rings. The van der Waals surface area contributed by atoms with Crippen molar-refractivity contribution in [1.82, 2.24) is 5.32 Å². The fourth-order valence-corrected chi connectivity index (χ4v) is 1.49. The summed E-state index contributed by atoms with van der Waals surface area (Å²) in [5.41, 5.74) is 0.348. The zero-order chi connectivity index (χ0) is 14.3. The van der Waals surface area contributed by atoms with Crippen LogP contribution in [0.15, 0.2) is 17.3 Å². The number of carbonyl (C=O) groups excluding carboxylic acids is 1. The third kappa shape index (κ3) is 3.51. The summed E-state index contributed by atoms with van der Waals surface area (Å²) in [6.07, 6.45) is 1.16. The summed E-state index contributed by atoms with van der Waals surface area (Å²) in [5.74, 6) is 0.850. The summed E-state index contributed by atoms with van der Waals surface area (Å²) in [6, 6.07) is 3.07. The Morgan fingerprint density at radius 2 is 1.84 bits per heavy atom. The highest BCUT2D eigenvalue weighted by Gasteiger charge is 2.16. The van der Waals surface area contributed by atoms with Gasteiger partial charge < -0.3 is 24.7 Å². The lowest BCUT2D eigenvalue weighted by molar-refractivity contribution is 0.0958. The lowest BCUT2D eigenvalue weighted by atomic mass is 10.1. The molecule has 0 radical (unpaired) electrons. The molecule has 0 aromatic heterocycles. The molecule has 1 aromatic carbocycles. The van der Waals surface area contributed by atoms with E-state index < -0.39 is 0 Å². The monoisotopic (exact) mass is 268 g/mol. The predicted octanol–water partition coefficient (Wildman–Crippen LogP) is 0.902. The van der Waals surface area contributed by atoms with Crippen molar-refractivity contribution in [2.45, 2.75) is 0 Å². The lowest BCUT2D eigenvalue weighted by Gasteiger charge is -2.13. The van der Waals surface area contributed by atoms with Gasteiger partial charge in [0.25, 0.3) is 5.91 Å². The summed E-state index contributed by atoms with van der Waals surface area (Å²) in [7, 11) is 4.42. The number of carbonyl (C=O) groups is 1. The number of nitrogens with one attached hydrogen (secondary N) is 1. The fraction of sp³-hybridized carbons (Fsp3) is 0.333. The average Bonchev–Trinajstić information content (AvgIpc) is 2.45. The zero-order valence-corrected chi connectivity index (χ0v) is 11.0.